The van der Waals surface area contributed by atoms with Gasteiger partial charge in [-0.15, -0.1) is 0 Å². The minimum atomic E-state index is -0.840. The van der Waals surface area contributed by atoms with Gasteiger partial charge in [0.2, 0.25) is 11.8 Å². The summed E-state index contributed by atoms with van der Waals surface area (Å²) in [6.45, 7) is 2.22. The van der Waals surface area contributed by atoms with Gasteiger partial charge in [0.1, 0.15) is 17.0 Å². The summed E-state index contributed by atoms with van der Waals surface area (Å²) in [5, 5.41) is 3.27. The number of nitrogens with one attached hydrogen (secondary N) is 1. The van der Waals surface area contributed by atoms with E-state index in [-0.39, 0.29) is 17.9 Å². The average Bonchev–Trinajstić information content (AvgIpc) is 2.99. The normalized spacial score (nSPS) is 23.4. The summed E-state index contributed by atoms with van der Waals surface area (Å²) < 4.78 is 10.8. The Morgan fingerprint density at radius 1 is 1.14 bits per heavy atom. The first-order chi connectivity index (χ1) is 14.0. The highest BCUT2D eigenvalue weighted by atomic mass is 16.5. The molecule has 0 spiro atoms. The van der Waals surface area contributed by atoms with Gasteiger partial charge in [-0.1, -0.05) is 32.1 Å². The zero-order valence-electron chi connectivity index (χ0n) is 18.0. The van der Waals surface area contributed by atoms with Crippen molar-refractivity contribution >= 4 is 11.8 Å². The Labute approximate surface area is 173 Å². The number of carbonyl (C=O) groups excluding carboxylic acids is 2. The van der Waals surface area contributed by atoms with E-state index in [0.29, 0.717) is 30.9 Å². The topological polar surface area (TPSA) is 67.9 Å². The number of carbonyl (C=O) groups is 2. The van der Waals surface area contributed by atoms with Crippen LogP contribution >= 0.6 is 0 Å². The Kier molecular flexibility index (Phi) is 7.04. The fraction of sp³-hybridized carbons (Fsp3) is 0.652. The molecule has 1 heterocycles. The van der Waals surface area contributed by atoms with Crippen molar-refractivity contribution < 1.29 is 19.1 Å². The second-order valence-electron chi connectivity index (χ2n) is 8.45. The van der Waals surface area contributed by atoms with Gasteiger partial charge in [-0.3, -0.25) is 9.59 Å². The van der Waals surface area contributed by atoms with Crippen molar-refractivity contribution in [1.82, 2.24) is 10.2 Å². The molecule has 1 aromatic rings. The van der Waals surface area contributed by atoms with Crippen LogP contribution in [-0.2, 0) is 16.1 Å². The van der Waals surface area contributed by atoms with Crippen LogP contribution in [0.15, 0.2) is 18.2 Å². The highest BCUT2D eigenvalue weighted by Gasteiger charge is 2.47. The molecule has 1 atom stereocenters. The Bertz CT molecular complexity index is 728. The third-order valence-corrected chi connectivity index (χ3v) is 6.47. The highest BCUT2D eigenvalue weighted by molar-refractivity contribution is 5.94. The molecule has 0 bridgehead atoms. The lowest BCUT2D eigenvalue weighted by Crippen LogP contribution is -2.56. The van der Waals surface area contributed by atoms with E-state index >= 15 is 0 Å². The maximum Gasteiger partial charge on any atom is 0.245 e. The molecule has 2 fully saturated rings. The third-order valence-electron chi connectivity index (χ3n) is 6.47. The van der Waals surface area contributed by atoms with E-state index in [4.69, 9.17) is 9.47 Å². The van der Waals surface area contributed by atoms with Gasteiger partial charge in [-0.2, -0.15) is 0 Å². The van der Waals surface area contributed by atoms with Gasteiger partial charge in [0.15, 0.2) is 0 Å². The summed E-state index contributed by atoms with van der Waals surface area (Å²) in [5.41, 5.74) is 0.000144. The number of hydrogen-bond acceptors (Lipinski definition) is 4. The predicted octanol–water partition coefficient (Wildman–Crippen LogP) is 3.81. The quantitative estimate of drug-likeness (QED) is 0.786. The Morgan fingerprint density at radius 2 is 1.83 bits per heavy atom. The van der Waals surface area contributed by atoms with Gasteiger partial charge in [0.05, 0.1) is 20.8 Å². The van der Waals surface area contributed by atoms with Gasteiger partial charge >= 0.3 is 0 Å². The highest BCUT2D eigenvalue weighted by Crippen LogP contribution is 2.35. The first-order valence-corrected chi connectivity index (χ1v) is 10.8. The van der Waals surface area contributed by atoms with E-state index in [1.165, 1.54) is 19.3 Å². The lowest BCUT2D eigenvalue weighted by molar-refractivity contribution is -0.141. The summed E-state index contributed by atoms with van der Waals surface area (Å²) in [6, 6.07) is 5.75. The lowest BCUT2D eigenvalue weighted by Gasteiger charge is -2.36. The third kappa shape index (κ3) is 4.85. The van der Waals surface area contributed by atoms with E-state index in [9.17, 15) is 9.59 Å². The van der Waals surface area contributed by atoms with Crippen molar-refractivity contribution in [1.29, 1.82) is 0 Å². The Hall–Kier alpha value is -2.24. The average molecular weight is 403 g/mol. The molecule has 6 nitrogen and oxygen atoms in total. The van der Waals surface area contributed by atoms with E-state index in [0.717, 1.165) is 31.2 Å². The molecule has 1 aliphatic carbocycles. The fourth-order valence-corrected chi connectivity index (χ4v) is 4.51. The van der Waals surface area contributed by atoms with Crippen LogP contribution < -0.4 is 14.8 Å². The van der Waals surface area contributed by atoms with Crippen LogP contribution in [0, 0.1) is 0 Å². The number of hydrogen-bond donors (Lipinski definition) is 1. The van der Waals surface area contributed by atoms with Gasteiger partial charge < -0.3 is 19.7 Å². The van der Waals surface area contributed by atoms with Crippen molar-refractivity contribution in [2.75, 3.05) is 14.2 Å². The zero-order chi connectivity index (χ0) is 20.9. The molecule has 1 saturated carbocycles. The van der Waals surface area contributed by atoms with Crippen LogP contribution in [0.5, 0.6) is 11.5 Å². The van der Waals surface area contributed by atoms with Crippen LogP contribution in [0.2, 0.25) is 0 Å². The summed E-state index contributed by atoms with van der Waals surface area (Å²) in [6.07, 6.45) is 9.07. The molecule has 160 valence electrons. The predicted molar refractivity (Wildman–Crippen MR) is 112 cm³/mol. The number of nitrogens with zero attached hydrogens (tertiary/aromatic N) is 1. The summed E-state index contributed by atoms with van der Waals surface area (Å²) in [4.78, 5) is 27.7. The van der Waals surface area contributed by atoms with Crippen LogP contribution in [-0.4, -0.2) is 42.5 Å². The van der Waals surface area contributed by atoms with Crippen molar-refractivity contribution in [3.63, 3.8) is 0 Å². The second kappa shape index (κ2) is 9.51. The van der Waals surface area contributed by atoms with E-state index in [1.807, 2.05) is 25.1 Å². The summed E-state index contributed by atoms with van der Waals surface area (Å²) in [7, 11) is 3.22. The van der Waals surface area contributed by atoms with Gasteiger partial charge in [0, 0.05) is 18.0 Å². The number of benzene rings is 1. The number of methoxy groups -OCH3 is 2. The molecule has 1 saturated heterocycles. The molecule has 29 heavy (non-hydrogen) atoms. The van der Waals surface area contributed by atoms with Gasteiger partial charge in [0.25, 0.3) is 0 Å². The second-order valence-corrected chi connectivity index (χ2v) is 8.45. The molecule has 2 aliphatic rings. The zero-order valence-corrected chi connectivity index (χ0v) is 18.0. The van der Waals surface area contributed by atoms with Crippen molar-refractivity contribution in [3.05, 3.63) is 23.8 Å². The lowest BCUT2D eigenvalue weighted by atomic mass is 9.93. The molecule has 1 aromatic carbocycles. The van der Waals surface area contributed by atoms with E-state index < -0.39 is 5.54 Å². The molecule has 1 aliphatic heterocycles. The molecule has 3 rings (SSSR count). The number of amides is 2. The molecular weight excluding hydrogens is 368 g/mol. The van der Waals surface area contributed by atoms with E-state index in [1.54, 1.807) is 19.1 Å². The van der Waals surface area contributed by atoms with E-state index in [2.05, 4.69) is 5.32 Å². The van der Waals surface area contributed by atoms with Crippen LogP contribution in [0.1, 0.15) is 70.3 Å². The molecular formula is C23H34N2O4. The maximum atomic E-state index is 13.3. The van der Waals surface area contributed by atoms with Crippen molar-refractivity contribution in [2.45, 2.75) is 82.8 Å². The molecule has 6 heteroatoms. The summed E-state index contributed by atoms with van der Waals surface area (Å²) >= 11 is 0. The maximum absolute atomic E-state index is 13.3. The van der Waals surface area contributed by atoms with Crippen molar-refractivity contribution in [2.24, 2.45) is 0 Å². The molecule has 0 unspecified atom stereocenters. The largest absolute Gasteiger partial charge is 0.497 e. The SMILES string of the molecule is COc1ccc(OC)c(CN2C(=O)CC[C@]2(C)C(=O)NC2CCCCCCC2)c1. The Morgan fingerprint density at radius 3 is 2.48 bits per heavy atom. The monoisotopic (exact) mass is 402 g/mol. The summed E-state index contributed by atoms with van der Waals surface area (Å²) in [5.74, 6) is 1.36. The minimum Gasteiger partial charge on any atom is -0.497 e. The molecule has 0 aromatic heterocycles. The fourth-order valence-electron chi connectivity index (χ4n) is 4.51. The molecule has 2 amide bonds. The molecule has 0 radical (unpaired) electrons. The van der Waals surface area contributed by atoms with Gasteiger partial charge in [-0.25, -0.2) is 0 Å². The Balaban J connectivity index is 1.77. The van der Waals surface area contributed by atoms with Crippen molar-refractivity contribution in [3.8, 4) is 11.5 Å². The minimum absolute atomic E-state index is 0.00480. The number of ether oxygens (including phenoxy) is 2. The first kappa shape index (κ1) is 21.5. The van der Waals surface area contributed by atoms with Gasteiger partial charge in [-0.05, 0) is 44.4 Å². The van der Waals surface area contributed by atoms with Crippen LogP contribution in [0.25, 0.3) is 0 Å². The standard InChI is InChI=1S/C23H34N2O4/c1-23(22(27)24-18-9-7-5-4-6-8-10-18)14-13-21(26)25(23)16-17-15-19(28-2)11-12-20(17)29-3/h11-12,15,18H,4-10,13-14,16H2,1-3H3,(H,24,27)/t23-/m1/s1. The molecule has 1 N–H and O–H groups in total. The number of likely N-dealkylation sites (tertiary alicyclic amines) is 1. The smallest absolute Gasteiger partial charge is 0.245 e. The first-order valence-electron chi connectivity index (χ1n) is 10.8. The number of rotatable bonds is 6. The van der Waals surface area contributed by atoms with Crippen LogP contribution in [0.4, 0.5) is 0 Å². The van der Waals surface area contributed by atoms with Crippen LogP contribution in [0.3, 0.4) is 0 Å².